The number of hydrogen-bond donors (Lipinski definition) is 2. The predicted octanol–water partition coefficient (Wildman–Crippen LogP) is 4.01. The zero-order valence-electron chi connectivity index (χ0n) is 10.0. The van der Waals surface area contributed by atoms with Crippen LogP contribution in [0.4, 0.5) is 18.9 Å². The first-order valence-corrected chi connectivity index (χ1v) is 6.51. The minimum Gasteiger partial charge on any atom is -0.381 e. The van der Waals surface area contributed by atoms with Crippen LogP contribution in [-0.4, -0.2) is 12.6 Å². The van der Waals surface area contributed by atoms with E-state index in [-0.39, 0.29) is 11.7 Å². The molecule has 2 nitrogen and oxygen atoms in total. The zero-order valence-corrected chi connectivity index (χ0v) is 11.6. The average molecular weight is 325 g/mol. The lowest BCUT2D eigenvalue weighted by Gasteiger charge is -2.21. The first kappa shape index (κ1) is 15.3. The van der Waals surface area contributed by atoms with Crippen LogP contribution in [-0.2, 0) is 6.18 Å². The fourth-order valence-corrected chi connectivity index (χ4v) is 2.06. The molecule has 1 atom stereocenters. The Morgan fingerprint density at radius 3 is 2.56 bits per heavy atom. The van der Waals surface area contributed by atoms with Gasteiger partial charge in [-0.2, -0.15) is 13.2 Å². The van der Waals surface area contributed by atoms with E-state index in [1.165, 1.54) is 12.1 Å². The average Bonchev–Trinajstić information content (AvgIpc) is 2.26. The molecule has 18 heavy (non-hydrogen) atoms. The van der Waals surface area contributed by atoms with Crippen molar-refractivity contribution in [2.24, 2.45) is 5.73 Å². The van der Waals surface area contributed by atoms with Gasteiger partial charge in [-0.15, -0.1) is 0 Å². The summed E-state index contributed by atoms with van der Waals surface area (Å²) in [6.45, 7) is 2.27. The summed E-state index contributed by atoms with van der Waals surface area (Å²) in [5.74, 6) is 0. The van der Waals surface area contributed by atoms with Crippen molar-refractivity contribution in [3.05, 3.63) is 28.2 Å². The lowest BCUT2D eigenvalue weighted by molar-refractivity contribution is -0.137. The topological polar surface area (TPSA) is 38.0 Å². The number of hydrogen-bond acceptors (Lipinski definition) is 2. The molecule has 0 aliphatic heterocycles. The monoisotopic (exact) mass is 324 g/mol. The van der Waals surface area contributed by atoms with Crippen LogP contribution in [0.15, 0.2) is 22.7 Å². The van der Waals surface area contributed by atoms with Crippen LogP contribution in [0.2, 0.25) is 0 Å². The van der Waals surface area contributed by atoms with Crippen molar-refractivity contribution in [1.82, 2.24) is 0 Å². The highest BCUT2D eigenvalue weighted by Gasteiger charge is 2.33. The Hall–Kier alpha value is -0.750. The van der Waals surface area contributed by atoms with Crippen molar-refractivity contribution in [3.63, 3.8) is 0 Å². The SMILES string of the molecule is CCCC(CN)Nc1cc(Br)ccc1C(F)(F)F. The Kier molecular flexibility index (Phi) is 5.47. The molecule has 1 aromatic carbocycles. The summed E-state index contributed by atoms with van der Waals surface area (Å²) in [5, 5.41) is 2.87. The molecule has 0 radical (unpaired) electrons. The normalized spacial score (nSPS) is 13.4. The molecule has 1 rings (SSSR count). The van der Waals surface area contributed by atoms with Crippen molar-refractivity contribution in [1.29, 1.82) is 0 Å². The molecule has 0 aliphatic carbocycles. The molecule has 102 valence electrons. The maximum Gasteiger partial charge on any atom is 0.418 e. The number of rotatable bonds is 5. The fourth-order valence-electron chi connectivity index (χ4n) is 1.70. The van der Waals surface area contributed by atoms with Crippen molar-refractivity contribution in [2.45, 2.75) is 32.0 Å². The van der Waals surface area contributed by atoms with Crippen molar-refractivity contribution in [3.8, 4) is 0 Å². The standard InChI is InChI=1S/C12H16BrF3N2/c1-2-3-9(7-17)18-11-6-8(13)4-5-10(11)12(14,15)16/h4-6,9,18H,2-3,7,17H2,1H3. The first-order chi connectivity index (χ1) is 8.38. The second kappa shape index (κ2) is 6.43. The summed E-state index contributed by atoms with van der Waals surface area (Å²) in [4.78, 5) is 0. The molecular formula is C12H16BrF3N2. The molecule has 0 heterocycles. The van der Waals surface area contributed by atoms with E-state index in [9.17, 15) is 13.2 Å². The molecule has 0 bridgehead atoms. The Labute approximate surface area is 113 Å². The van der Waals surface area contributed by atoms with Crippen LogP contribution in [0.25, 0.3) is 0 Å². The van der Waals surface area contributed by atoms with Crippen LogP contribution in [0.1, 0.15) is 25.3 Å². The van der Waals surface area contributed by atoms with E-state index in [1.54, 1.807) is 0 Å². The van der Waals surface area contributed by atoms with Gasteiger partial charge in [0.15, 0.2) is 0 Å². The van der Waals surface area contributed by atoms with E-state index in [1.807, 2.05) is 6.92 Å². The third-order valence-electron chi connectivity index (χ3n) is 2.57. The van der Waals surface area contributed by atoms with Crippen LogP contribution in [0.5, 0.6) is 0 Å². The molecule has 0 fully saturated rings. The maximum absolute atomic E-state index is 12.8. The maximum atomic E-state index is 12.8. The summed E-state index contributed by atoms with van der Waals surface area (Å²) < 4.78 is 39.1. The zero-order chi connectivity index (χ0) is 13.8. The highest BCUT2D eigenvalue weighted by atomic mass is 79.9. The summed E-state index contributed by atoms with van der Waals surface area (Å²) in [6, 6.07) is 3.73. The molecule has 0 saturated carbocycles. The van der Waals surface area contributed by atoms with E-state index in [0.717, 1.165) is 18.9 Å². The summed E-state index contributed by atoms with van der Waals surface area (Å²) in [6.07, 6.45) is -2.76. The van der Waals surface area contributed by atoms with Gasteiger partial charge in [0.05, 0.1) is 5.56 Å². The molecule has 6 heteroatoms. The third-order valence-corrected chi connectivity index (χ3v) is 3.06. The van der Waals surface area contributed by atoms with Gasteiger partial charge in [0.1, 0.15) is 0 Å². The summed E-state index contributed by atoms with van der Waals surface area (Å²) >= 11 is 3.18. The summed E-state index contributed by atoms with van der Waals surface area (Å²) in [5.41, 5.74) is 4.95. The van der Waals surface area contributed by atoms with Crippen molar-refractivity contribution >= 4 is 21.6 Å². The van der Waals surface area contributed by atoms with Gasteiger partial charge in [0.2, 0.25) is 0 Å². The molecular weight excluding hydrogens is 309 g/mol. The van der Waals surface area contributed by atoms with Crippen LogP contribution < -0.4 is 11.1 Å². The van der Waals surface area contributed by atoms with Crippen LogP contribution >= 0.6 is 15.9 Å². The Balaban J connectivity index is 3.02. The minimum atomic E-state index is -4.37. The Bertz CT molecular complexity index is 393. The Morgan fingerprint density at radius 2 is 2.06 bits per heavy atom. The largest absolute Gasteiger partial charge is 0.418 e. The molecule has 0 aliphatic rings. The lowest BCUT2D eigenvalue weighted by Crippen LogP contribution is -2.29. The number of alkyl halides is 3. The quantitative estimate of drug-likeness (QED) is 0.858. The number of anilines is 1. The molecule has 0 aromatic heterocycles. The molecule has 0 amide bonds. The number of benzene rings is 1. The van der Waals surface area contributed by atoms with Gasteiger partial charge in [-0.05, 0) is 24.6 Å². The predicted molar refractivity (Wildman–Crippen MR) is 70.5 cm³/mol. The number of halogens is 4. The van der Waals surface area contributed by atoms with Gasteiger partial charge in [-0.3, -0.25) is 0 Å². The minimum absolute atomic E-state index is 0.0702. The smallest absolute Gasteiger partial charge is 0.381 e. The van der Waals surface area contributed by atoms with Gasteiger partial charge in [-0.25, -0.2) is 0 Å². The molecule has 1 unspecified atom stereocenters. The van der Waals surface area contributed by atoms with Crippen LogP contribution in [0.3, 0.4) is 0 Å². The molecule has 1 aromatic rings. The van der Waals surface area contributed by atoms with Gasteiger partial charge in [0, 0.05) is 22.7 Å². The third kappa shape index (κ3) is 4.17. The lowest BCUT2D eigenvalue weighted by atomic mass is 10.1. The summed E-state index contributed by atoms with van der Waals surface area (Å²) in [7, 11) is 0. The fraction of sp³-hybridized carbons (Fsp3) is 0.500. The van der Waals surface area contributed by atoms with E-state index in [0.29, 0.717) is 11.0 Å². The van der Waals surface area contributed by atoms with Crippen molar-refractivity contribution < 1.29 is 13.2 Å². The first-order valence-electron chi connectivity index (χ1n) is 5.71. The van der Waals surface area contributed by atoms with E-state index < -0.39 is 11.7 Å². The van der Waals surface area contributed by atoms with E-state index in [2.05, 4.69) is 21.2 Å². The molecule has 0 spiro atoms. The van der Waals surface area contributed by atoms with Crippen molar-refractivity contribution in [2.75, 3.05) is 11.9 Å². The number of nitrogens with two attached hydrogens (primary N) is 1. The van der Waals surface area contributed by atoms with Gasteiger partial charge in [0.25, 0.3) is 0 Å². The van der Waals surface area contributed by atoms with Gasteiger partial charge >= 0.3 is 6.18 Å². The number of nitrogens with one attached hydrogen (secondary N) is 1. The highest BCUT2D eigenvalue weighted by Crippen LogP contribution is 2.36. The Morgan fingerprint density at radius 1 is 1.39 bits per heavy atom. The molecule has 3 N–H and O–H groups in total. The second-order valence-corrected chi connectivity index (χ2v) is 4.97. The van der Waals surface area contributed by atoms with Gasteiger partial charge < -0.3 is 11.1 Å². The van der Waals surface area contributed by atoms with E-state index >= 15 is 0 Å². The second-order valence-electron chi connectivity index (χ2n) is 4.05. The van der Waals surface area contributed by atoms with E-state index in [4.69, 9.17) is 5.73 Å². The molecule has 0 saturated heterocycles. The highest BCUT2D eigenvalue weighted by molar-refractivity contribution is 9.10. The van der Waals surface area contributed by atoms with Gasteiger partial charge in [-0.1, -0.05) is 29.3 Å². The van der Waals surface area contributed by atoms with Crippen LogP contribution in [0, 0.1) is 0 Å².